The van der Waals surface area contributed by atoms with Crippen molar-refractivity contribution in [1.82, 2.24) is 10.3 Å². The van der Waals surface area contributed by atoms with E-state index in [1.54, 1.807) is 6.20 Å². The number of likely N-dealkylation sites (N-methyl/N-ethyl adjacent to an activating group) is 1. The molecule has 0 amide bonds. The van der Waals surface area contributed by atoms with Gasteiger partial charge in [-0.25, -0.2) is 4.98 Å². The van der Waals surface area contributed by atoms with Crippen LogP contribution in [-0.4, -0.2) is 18.6 Å². The molecule has 1 aromatic rings. The van der Waals surface area contributed by atoms with Crippen molar-refractivity contribution < 1.29 is 0 Å². The zero-order chi connectivity index (χ0) is 8.10. The molecule has 0 aromatic carbocycles. The molecule has 60 valence electrons. The predicted molar refractivity (Wildman–Crippen MR) is 46.9 cm³/mol. The molecular formula is C8H11ClN2. The number of nitrogens with one attached hydrogen (secondary N) is 1. The lowest BCUT2D eigenvalue weighted by molar-refractivity contribution is 0.791. The van der Waals surface area contributed by atoms with Crippen molar-refractivity contribution in [3.05, 3.63) is 29.0 Å². The van der Waals surface area contributed by atoms with Crippen LogP contribution in [0, 0.1) is 0 Å². The summed E-state index contributed by atoms with van der Waals surface area (Å²) in [5.41, 5.74) is 1.22. The van der Waals surface area contributed by atoms with Gasteiger partial charge in [-0.15, -0.1) is 0 Å². The van der Waals surface area contributed by atoms with Crippen LogP contribution in [0.15, 0.2) is 18.3 Å². The number of nitrogens with zero attached hydrogens (tertiary/aromatic N) is 1. The molecule has 1 heterocycles. The molecule has 0 fully saturated rings. The molecule has 0 saturated heterocycles. The molecular weight excluding hydrogens is 160 g/mol. The average molecular weight is 171 g/mol. The molecule has 0 unspecified atom stereocenters. The van der Waals surface area contributed by atoms with Gasteiger partial charge in [-0.2, -0.15) is 0 Å². The maximum Gasteiger partial charge on any atom is 0.129 e. The van der Waals surface area contributed by atoms with E-state index in [0.29, 0.717) is 5.15 Å². The molecule has 1 N–H and O–H groups in total. The Bertz CT molecular complexity index is 225. The Morgan fingerprint density at radius 2 is 2.45 bits per heavy atom. The van der Waals surface area contributed by atoms with Gasteiger partial charge in [-0.05, 0) is 37.7 Å². The second kappa shape index (κ2) is 4.31. The third kappa shape index (κ3) is 2.87. The number of hydrogen-bond acceptors (Lipinski definition) is 2. The summed E-state index contributed by atoms with van der Waals surface area (Å²) in [6.45, 7) is 0.973. The van der Waals surface area contributed by atoms with Crippen LogP contribution in [0.1, 0.15) is 5.56 Å². The summed E-state index contributed by atoms with van der Waals surface area (Å²) in [5, 5.41) is 3.64. The van der Waals surface area contributed by atoms with Gasteiger partial charge >= 0.3 is 0 Å². The van der Waals surface area contributed by atoms with Gasteiger partial charge in [0, 0.05) is 6.20 Å². The molecule has 0 spiro atoms. The topological polar surface area (TPSA) is 24.9 Å². The summed E-state index contributed by atoms with van der Waals surface area (Å²) in [7, 11) is 1.93. The Labute approximate surface area is 71.6 Å². The fraction of sp³-hybridized carbons (Fsp3) is 0.375. The van der Waals surface area contributed by atoms with Crippen LogP contribution in [0.4, 0.5) is 0 Å². The standard InChI is InChI=1S/C8H11ClN2/c1-10-4-2-7-3-5-11-8(9)6-7/h3,5-6,10H,2,4H2,1H3. The molecule has 0 atom stereocenters. The van der Waals surface area contributed by atoms with Crippen LogP contribution in [-0.2, 0) is 6.42 Å². The Balaban J connectivity index is 2.56. The van der Waals surface area contributed by atoms with Crippen molar-refractivity contribution >= 4 is 11.6 Å². The highest BCUT2D eigenvalue weighted by molar-refractivity contribution is 6.29. The first kappa shape index (κ1) is 8.50. The van der Waals surface area contributed by atoms with Gasteiger partial charge in [0.25, 0.3) is 0 Å². The van der Waals surface area contributed by atoms with Crippen LogP contribution in [0.25, 0.3) is 0 Å². The molecule has 0 radical (unpaired) electrons. The second-order valence-electron chi connectivity index (χ2n) is 2.34. The molecule has 3 heteroatoms. The first-order chi connectivity index (χ1) is 5.33. The Morgan fingerprint density at radius 3 is 3.09 bits per heavy atom. The molecule has 11 heavy (non-hydrogen) atoms. The predicted octanol–water partition coefficient (Wildman–Crippen LogP) is 1.50. The van der Waals surface area contributed by atoms with Crippen molar-refractivity contribution in [2.75, 3.05) is 13.6 Å². The second-order valence-corrected chi connectivity index (χ2v) is 2.73. The summed E-state index contributed by atoms with van der Waals surface area (Å²) in [5.74, 6) is 0. The van der Waals surface area contributed by atoms with Crippen molar-refractivity contribution in [2.45, 2.75) is 6.42 Å². The van der Waals surface area contributed by atoms with E-state index in [2.05, 4.69) is 10.3 Å². The van der Waals surface area contributed by atoms with Crippen LogP contribution >= 0.6 is 11.6 Å². The maximum absolute atomic E-state index is 5.69. The van der Waals surface area contributed by atoms with Crippen LogP contribution in [0.3, 0.4) is 0 Å². The smallest absolute Gasteiger partial charge is 0.129 e. The van der Waals surface area contributed by atoms with Gasteiger partial charge < -0.3 is 5.32 Å². The van der Waals surface area contributed by atoms with E-state index in [0.717, 1.165) is 13.0 Å². The van der Waals surface area contributed by atoms with Crippen LogP contribution < -0.4 is 5.32 Å². The zero-order valence-electron chi connectivity index (χ0n) is 6.47. The number of pyridine rings is 1. The van der Waals surface area contributed by atoms with E-state index >= 15 is 0 Å². The molecule has 2 nitrogen and oxygen atoms in total. The van der Waals surface area contributed by atoms with E-state index in [9.17, 15) is 0 Å². The average Bonchev–Trinajstić information content (AvgIpc) is 2.01. The summed E-state index contributed by atoms with van der Waals surface area (Å²) in [4.78, 5) is 3.89. The van der Waals surface area contributed by atoms with E-state index in [4.69, 9.17) is 11.6 Å². The van der Waals surface area contributed by atoms with E-state index in [1.165, 1.54) is 5.56 Å². The normalized spacial score (nSPS) is 10.0. The minimum Gasteiger partial charge on any atom is -0.319 e. The molecule has 0 aliphatic carbocycles. The van der Waals surface area contributed by atoms with Crippen molar-refractivity contribution in [3.8, 4) is 0 Å². The summed E-state index contributed by atoms with van der Waals surface area (Å²) < 4.78 is 0. The molecule has 1 rings (SSSR count). The number of rotatable bonds is 3. The number of aromatic nitrogens is 1. The molecule has 0 aliphatic heterocycles. The quantitative estimate of drug-likeness (QED) is 0.696. The summed E-state index contributed by atoms with van der Waals surface area (Å²) in [6, 6.07) is 3.86. The van der Waals surface area contributed by atoms with Crippen molar-refractivity contribution in [2.24, 2.45) is 0 Å². The maximum atomic E-state index is 5.69. The highest BCUT2D eigenvalue weighted by Gasteiger charge is 1.92. The molecule has 0 bridgehead atoms. The van der Waals surface area contributed by atoms with Gasteiger partial charge in [-0.3, -0.25) is 0 Å². The Morgan fingerprint density at radius 1 is 1.64 bits per heavy atom. The van der Waals surface area contributed by atoms with E-state index < -0.39 is 0 Å². The molecule has 0 aliphatic rings. The molecule has 0 saturated carbocycles. The summed E-state index contributed by atoms with van der Waals surface area (Å²) in [6.07, 6.45) is 2.73. The fourth-order valence-corrected chi connectivity index (χ4v) is 1.06. The van der Waals surface area contributed by atoms with Crippen molar-refractivity contribution in [1.29, 1.82) is 0 Å². The van der Waals surface area contributed by atoms with Gasteiger partial charge in [0.2, 0.25) is 0 Å². The molecule has 1 aromatic heterocycles. The fourth-order valence-electron chi connectivity index (χ4n) is 0.867. The van der Waals surface area contributed by atoms with Gasteiger partial charge in [0.1, 0.15) is 5.15 Å². The van der Waals surface area contributed by atoms with Gasteiger partial charge in [-0.1, -0.05) is 11.6 Å². The minimum absolute atomic E-state index is 0.568. The number of halogens is 1. The Hall–Kier alpha value is -0.600. The highest BCUT2D eigenvalue weighted by Crippen LogP contribution is 2.06. The minimum atomic E-state index is 0.568. The largest absolute Gasteiger partial charge is 0.319 e. The van der Waals surface area contributed by atoms with E-state index in [-0.39, 0.29) is 0 Å². The third-order valence-electron chi connectivity index (χ3n) is 1.45. The first-order valence-corrected chi connectivity index (χ1v) is 3.96. The number of hydrogen-bond donors (Lipinski definition) is 1. The zero-order valence-corrected chi connectivity index (χ0v) is 7.23. The highest BCUT2D eigenvalue weighted by atomic mass is 35.5. The van der Waals surface area contributed by atoms with Crippen molar-refractivity contribution in [3.63, 3.8) is 0 Å². The third-order valence-corrected chi connectivity index (χ3v) is 1.66. The first-order valence-electron chi connectivity index (χ1n) is 3.58. The van der Waals surface area contributed by atoms with Gasteiger partial charge in [0.15, 0.2) is 0 Å². The van der Waals surface area contributed by atoms with Crippen LogP contribution in [0.5, 0.6) is 0 Å². The monoisotopic (exact) mass is 170 g/mol. The van der Waals surface area contributed by atoms with E-state index in [1.807, 2.05) is 19.2 Å². The lowest BCUT2D eigenvalue weighted by atomic mass is 10.2. The lowest BCUT2D eigenvalue weighted by Gasteiger charge is -1.99. The van der Waals surface area contributed by atoms with Gasteiger partial charge in [0.05, 0.1) is 0 Å². The lowest BCUT2D eigenvalue weighted by Crippen LogP contribution is -2.10. The SMILES string of the molecule is CNCCc1ccnc(Cl)c1. The summed E-state index contributed by atoms with van der Waals surface area (Å²) >= 11 is 5.69. The van der Waals surface area contributed by atoms with Crippen LogP contribution in [0.2, 0.25) is 5.15 Å². The Kier molecular flexibility index (Phi) is 3.33.